The van der Waals surface area contributed by atoms with Crippen molar-refractivity contribution in [3.8, 4) is 0 Å². The Morgan fingerprint density at radius 1 is 1.27 bits per heavy atom. The number of hydrogen-bond donors (Lipinski definition) is 1. The van der Waals surface area contributed by atoms with Crippen molar-refractivity contribution in [3.63, 3.8) is 0 Å². The molecule has 2 saturated heterocycles. The summed E-state index contributed by atoms with van der Waals surface area (Å²) in [6, 6.07) is 0.708. The number of carbonyl (C=O) groups excluding carboxylic acids is 2. The molecular weight excluding hydrogens is 308 g/mol. The third-order valence-corrected chi connectivity index (χ3v) is 4.92. The third-order valence-electron chi connectivity index (χ3n) is 3.90. The van der Waals surface area contributed by atoms with Gasteiger partial charge in [-0.2, -0.15) is 0 Å². The number of rotatable bonds is 3. The van der Waals surface area contributed by atoms with Gasteiger partial charge < -0.3 is 19.3 Å². The Morgan fingerprint density at radius 2 is 2.00 bits per heavy atom. The second kappa shape index (κ2) is 6.04. The van der Waals surface area contributed by atoms with Crippen molar-refractivity contribution in [2.45, 2.75) is 18.9 Å². The van der Waals surface area contributed by atoms with Crippen LogP contribution in [0.4, 0.5) is 0 Å². The molecule has 3 heterocycles. The molecule has 1 atom stereocenters. The molecule has 0 spiro atoms. The third kappa shape index (κ3) is 2.70. The lowest BCUT2D eigenvalue weighted by atomic mass is 10.2. The number of carboxylic acid groups (broad SMARTS) is 1. The molecule has 0 bridgehead atoms. The molecule has 0 aromatic carbocycles. The molecule has 1 aromatic heterocycles. The molecule has 8 heteroatoms. The first kappa shape index (κ1) is 15.0. The molecular formula is C14H16N2O5S. The van der Waals surface area contributed by atoms with Crippen molar-refractivity contribution in [1.29, 1.82) is 0 Å². The molecule has 1 aromatic rings. The van der Waals surface area contributed by atoms with E-state index in [1.807, 2.05) is 0 Å². The number of nitrogens with zero attached hydrogens (tertiary/aromatic N) is 2. The maximum atomic E-state index is 12.5. The lowest BCUT2D eigenvalue weighted by Crippen LogP contribution is -2.48. The maximum absolute atomic E-state index is 12.5. The summed E-state index contributed by atoms with van der Waals surface area (Å²) in [5.41, 5.74) is -0.0716. The Kier molecular flexibility index (Phi) is 4.10. The van der Waals surface area contributed by atoms with Crippen LogP contribution in [-0.2, 0) is 4.79 Å². The molecule has 3 rings (SSSR count). The van der Waals surface area contributed by atoms with Gasteiger partial charge in [0, 0.05) is 24.9 Å². The van der Waals surface area contributed by atoms with Crippen molar-refractivity contribution in [2.75, 3.05) is 24.7 Å². The number of hydrogen-bond acceptors (Lipinski definition) is 5. The van der Waals surface area contributed by atoms with Gasteiger partial charge in [-0.05, 0) is 12.8 Å². The van der Waals surface area contributed by atoms with E-state index in [1.165, 1.54) is 22.7 Å². The molecule has 0 radical (unpaired) electrons. The fourth-order valence-corrected chi connectivity index (χ4v) is 3.84. The van der Waals surface area contributed by atoms with Crippen LogP contribution in [0.3, 0.4) is 0 Å². The highest BCUT2D eigenvalue weighted by Crippen LogP contribution is 2.26. The summed E-state index contributed by atoms with van der Waals surface area (Å²) in [4.78, 5) is 39.1. The Bertz CT molecular complexity index is 608. The van der Waals surface area contributed by atoms with Crippen molar-refractivity contribution in [1.82, 2.24) is 9.80 Å². The topological polar surface area (TPSA) is 91.1 Å². The van der Waals surface area contributed by atoms with E-state index in [4.69, 9.17) is 9.52 Å². The number of carboxylic acids is 1. The zero-order valence-corrected chi connectivity index (χ0v) is 12.7. The number of furan rings is 1. The average molecular weight is 324 g/mol. The smallest absolute Gasteiger partial charge is 0.338 e. The Hall–Kier alpha value is -1.96. The summed E-state index contributed by atoms with van der Waals surface area (Å²) < 4.78 is 5.05. The predicted molar refractivity (Wildman–Crippen MR) is 78.8 cm³/mol. The van der Waals surface area contributed by atoms with Crippen LogP contribution in [0.15, 0.2) is 16.7 Å². The number of carbonyl (C=O) groups is 3. The number of likely N-dealkylation sites (tertiary alicyclic amines) is 1. The molecule has 1 N–H and O–H groups in total. The van der Waals surface area contributed by atoms with E-state index >= 15 is 0 Å². The van der Waals surface area contributed by atoms with Crippen LogP contribution < -0.4 is 0 Å². The number of thioether (sulfide) groups is 1. The van der Waals surface area contributed by atoms with Gasteiger partial charge in [0.2, 0.25) is 5.91 Å². The molecule has 2 aliphatic rings. The molecule has 118 valence electrons. The van der Waals surface area contributed by atoms with Crippen LogP contribution in [-0.4, -0.2) is 63.5 Å². The van der Waals surface area contributed by atoms with Crippen molar-refractivity contribution >= 4 is 29.5 Å². The fraction of sp³-hybridized carbons (Fsp3) is 0.500. The molecule has 7 nitrogen and oxygen atoms in total. The first-order valence-corrected chi connectivity index (χ1v) is 8.22. The molecule has 0 aliphatic carbocycles. The van der Waals surface area contributed by atoms with E-state index in [9.17, 15) is 14.4 Å². The largest absolute Gasteiger partial charge is 0.478 e. The van der Waals surface area contributed by atoms with Crippen LogP contribution in [0.1, 0.15) is 33.8 Å². The Balaban J connectivity index is 1.75. The highest BCUT2D eigenvalue weighted by molar-refractivity contribution is 7.99. The minimum absolute atomic E-state index is 0.0270. The SMILES string of the molecule is O=C(O)c1coc(C(=O)N2CSCC2C(=O)N2CCCC2)c1. The minimum atomic E-state index is -1.15. The summed E-state index contributed by atoms with van der Waals surface area (Å²) in [6.07, 6.45) is 3.04. The minimum Gasteiger partial charge on any atom is -0.478 e. The molecule has 22 heavy (non-hydrogen) atoms. The zero-order chi connectivity index (χ0) is 15.7. The predicted octanol–water partition coefficient (Wildman–Crippen LogP) is 1.12. The normalized spacial score (nSPS) is 21.4. The highest BCUT2D eigenvalue weighted by atomic mass is 32.2. The molecule has 0 saturated carbocycles. The molecule has 2 fully saturated rings. The van der Waals surface area contributed by atoms with Gasteiger partial charge in [0.05, 0.1) is 11.4 Å². The number of amides is 2. The Labute approximate surface area is 131 Å². The molecule has 1 unspecified atom stereocenters. The van der Waals surface area contributed by atoms with Gasteiger partial charge in [-0.15, -0.1) is 11.8 Å². The highest BCUT2D eigenvalue weighted by Gasteiger charge is 2.39. The lowest BCUT2D eigenvalue weighted by Gasteiger charge is -2.26. The monoisotopic (exact) mass is 324 g/mol. The first-order chi connectivity index (χ1) is 10.6. The Morgan fingerprint density at radius 3 is 2.64 bits per heavy atom. The van der Waals surface area contributed by atoms with E-state index < -0.39 is 17.9 Å². The van der Waals surface area contributed by atoms with E-state index in [2.05, 4.69) is 0 Å². The summed E-state index contributed by atoms with van der Waals surface area (Å²) in [6.45, 7) is 1.48. The van der Waals surface area contributed by atoms with Gasteiger partial charge in [0.1, 0.15) is 12.3 Å². The van der Waals surface area contributed by atoms with Gasteiger partial charge >= 0.3 is 5.97 Å². The van der Waals surface area contributed by atoms with Crippen molar-refractivity contribution in [3.05, 3.63) is 23.7 Å². The van der Waals surface area contributed by atoms with Crippen LogP contribution in [0.25, 0.3) is 0 Å². The van der Waals surface area contributed by atoms with E-state index in [0.29, 0.717) is 11.6 Å². The van der Waals surface area contributed by atoms with E-state index in [1.54, 1.807) is 4.90 Å². The fourth-order valence-electron chi connectivity index (χ4n) is 2.70. The maximum Gasteiger partial charge on any atom is 0.338 e. The molecule has 2 aliphatic heterocycles. The summed E-state index contributed by atoms with van der Waals surface area (Å²) >= 11 is 1.51. The average Bonchev–Trinajstić information content (AvgIpc) is 3.25. The van der Waals surface area contributed by atoms with Crippen molar-refractivity contribution in [2.24, 2.45) is 0 Å². The van der Waals surface area contributed by atoms with Crippen LogP contribution in [0, 0.1) is 0 Å². The van der Waals surface area contributed by atoms with E-state index in [-0.39, 0.29) is 17.2 Å². The van der Waals surface area contributed by atoms with Crippen LogP contribution in [0.5, 0.6) is 0 Å². The standard InChI is InChI=1S/C14H16N2O5S/c17-12(15-3-1-2-4-15)10-7-22-8-16(10)13(18)11-5-9(6-21-11)14(19)20/h5-6,10H,1-4,7-8H2,(H,19,20). The summed E-state index contributed by atoms with van der Waals surface area (Å²) in [5.74, 6) is -0.682. The van der Waals surface area contributed by atoms with Crippen LogP contribution in [0.2, 0.25) is 0 Å². The second-order valence-corrected chi connectivity index (χ2v) is 6.33. The summed E-state index contributed by atoms with van der Waals surface area (Å²) in [7, 11) is 0. The van der Waals surface area contributed by atoms with Gasteiger partial charge in [-0.3, -0.25) is 9.59 Å². The first-order valence-electron chi connectivity index (χ1n) is 7.07. The van der Waals surface area contributed by atoms with Crippen LogP contribution >= 0.6 is 11.8 Å². The zero-order valence-electron chi connectivity index (χ0n) is 11.9. The van der Waals surface area contributed by atoms with Gasteiger partial charge in [-0.25, -0.2) is 4.79 Å². The van der Waals surface area contributed by atoms with Gasteiger partial charge in [0.25, 0.3) is 5.91 Å². The van der Waals surface area contributed by atoms with Gasteiger partial charge in [0.15, 0.2) is 5.76 Å². The number of aromatic carboxylic acids is 1. The summed E-state index contributed by atoms with van der Waals surface area (Å²) in [5, 5.41) is 8.88. The van der Waals surface area contributed by atoms with Crippen molar-refractivity contribution < 1.29 is 23.9 Å². The lowest BCUT2D eigenvalue weighted by molar-refractivity contribution is -0.133. The molecule has 2 amide bonds. The quantitative estimate of drug-likeness (QED) is 0.896. The second-order valence-electron chi connectivity index (χ2n) is 5.33. The van der Waals surface area contributed by atoms with E-state index in [0.717, 1.165) is 32.2 Å². The van der Waals surface area contributed by atoms with Gasteiger partial charge in [-0.1, -0.05) is 0 Å².